The van der Waals surface area contributed by atoms with Crippen LogP contribution in [0.1, 0.15) is 15.9 Å². The molecular formula is C21H14N2OY-2. The van der Waals surface area contributed by atoms with E-state index in [0.29, 0.717) is 6.54 Å². The van der Waals surface area contributed by atoms with Gasteiger partial charge in [-0.05, 0) is 17.0 Å². The van der Waals surface area contributed by atoms with E-state index in [-0.39, 0.29) is 38.6 Å². The molecule has 0 spiro atoms. The van der Waals surface area contributed by atoms with Gasteiger partial charge in [-0.15, -0.1) is 11.6 Å². The molecule has 25 heavy (non-hydrogen) atoms. The molecule has 1 N–H and O–H groups in total. The molecule has 1 aliphatic heterocycles. The van der Waals surface area contributed by atoms with Crippen LogP contribution in [-0.4, -0.2) is 10.5 Å². The molecule has 1 amide bonds. The number of nitrogens with zero attached hydrogens (tertiary/aromatic N) is 1. The average Bonchev–Trinajstić information content (AvgIpc) is 3.14. The van der Waals surface area contributed by atoms with E-state index in [1.54, 1.807) is 0 Å². The zero-order valence-corrected chi connectivity index (χ0v) is 16.6. The van der Waals surface area contributed by atoms with E-state index < -0.39 is 0 Å². The molecule has 0 unspecified atom stereocenters. The van der Waals surface area contributed by atoms with Crippen molar-refractivity contribution in [3.05, 3.63) is 71.8 Å². The molecule has 3 aromatic carbocycles. The van der Waals surface area contributed by atoms with Crippen LogP contribution in [-0.2, 0) is 46.3 Å². The molecule has 0 saturated heterocycles. The Morgan fingerprint density at radius 2 is 1.92 bits per heavy atom. The first kappa shape index (κ1) is 16.5. The first-order valence-electron chi connectivity index (χ1n) is 7.96. The fourth-order valence-electron chi connectivity index (χ4n) is 3.75. The summed E-state index contributed by atoms with van der Waals surface area (Å²) in [6, 6.07) is 22.9. The van der Waals surface area contributed by atoms with Crippen molar-refractivity contribution in [3.63, 3.8) is 0 Å². The second-order valence-electron chi connectivity index (χ2n) is 6.11. The molecule has 1 aliphatic rings. The number of benzene rings is 3. The van der Waals surface area contributed by atoms with Crippen molar-refractivity contribution in [1.29, 1.82) is 0 Å². The summed E-state index contributed by atoms with van der Waals surface area (Å²) in [6.07, 6.45) is 0. The van der Waals surface area contributed by atoms with Gasteiger partial charge in [0.15, 0.2) is 0 Å². The van der Waals surface area contributed by atoms with Crippen LogP contribution in [0.2, 0.25) is 0 Å². The molecule has 5 rings (SSSR count). The summed E-state index contributed by atoms with van der Waals surface area (Å²) in [5.41, 5.74) is 5.85. The molecule has 0 atom stereocenters. The van der Waals surface area contributed by atoms with Crippen LogP contribution < -0.4 is 5.32 Å². The fraction of sp³-hybridized carbons (Fsp3) is 0.0952. The molecular weight excluding hydrogens is 385 g/mol. The molecule has 0 fully saturated rings. The number of amides is 1. The minimum Gasteiger partial charge on any atom is -0.392 e. The monoisotopic (exact) mass is 399 g/mol. The molecule has 2 heterocycles. The summed E-state index contributed by atoms with van der Waals surface area (Å²) < 4.78 is 2.16. The van der Waals surface area contributed by atoms with E-state index in [9.17, 15) is 4.79 Å². The molecule has 4 heteroatoms. The number of carbonyl (C=O) groups is 1. The van der Waals surface area contributed by atoms with Crippen LogP contribution in [0.5, 0.6) is 0 Å². The second kappa shape index (κ2) is 6.08. The maximum absolute atomic E-state index is 12.4. The number of para-hydroxylation sites is 1. The number of aromatic nitrogens is 1. The Balaban J connectivity index is 0.00000157. The number of hydrogen-bond acceptors (Lipinski definition) is 1. The zero-order valence-electron chi connectivity index (χ0n) is 13.8. The minimum atomic E-state index is -0.00815. The van der Waals surface area contributed by atoms with Gasteiger partial charge in [-0.25, -0.2) is 11.1 Å². The first-order chi connectivity index (χ1) is 11.8. The summed E-state index contributed by atoms with van der Waals surface area (Å²) >= 11 is 0. The maximum Gasteiger partial charge on any atom is 0.210 e. The Kier molecular flexibility index (Phi) is 4.01. The Morgan fingerprint density at radius 1 is 1.12 bits per heavy atom. The van der Waals surface area contributed by atoms with Crippen molar-refractivity contribution in [1.82, 2.24) is 9.88 Å². The number of rotatable bonds is 1. The van der Waals surface area contributed by atoms with Gasteiger partial charge in [0.2, 0.25) is 5.91 Å². The first-order valence-corrected chi connectivity index (χ1v) is 7.96. The molecule has 1 aromatic heterocycles. The molecule has 1 radical (unpaired) electrons. The molecule has 4 aromatic rings. The normalized spacial score (nSPS) is 12.9. The second-order valence-corrected chi connectivity index (χ2v) is 6.11. The SMILES string of the molecule is Cn1c2ccccc2c2c3c([c-]c(-c4[c-]cccc4)c21)CNC3=O.[Y]. The Morgan fingerprint density at radius 3 is 2.72 bits per heavy atom. The zero-order chi connectivity index (χ0) is 16.3. The van der Waals surface area contributed by atoms with Crippen LogP contribution in [0, 0.1) is 12.1 Å². The van der Waals surface area contributed by atoms with Crippen molar-refractivity contribution in [2.24, 2.45) is 7.05 Å². The van der Waals surface area contributed by atoms with Gasteiger partial charge in [0, 0.05) is 51.8 Å². The van der Waals surface area contributed by atoms with Gasteiger partial charge in [-0.3, -0.25) is 4.79 Å². The summed E-state index contributed by atoms with van der Waals surface area (Å²) in [5.74, 6) is -0.00815. The van der Waals surface area contributed by atoms with E-state index in [0.717, 1.165) is 44.1 Å². The van der Waals surface area contributed by atoms with Crippen molar-refractivity contribution in [2.45, 2.75) is 6.54 Å². The van der Waals surface area contributed by atoms with E-state index in [2.05, 4.69) is 34.1 Å². The van der Waals surface area contributed by atoms with Crippen molar-refractivity contribution >= 4 is 27.7 Å². The molecule has 0 saturated carbocycles. The van der Waals surface area contributed by atoms with Crippen LogP contribution in [0.3, 0.4) is 0 Å². The van der Waals surface area contributed by atoms with Crippen molar-refractivity contribution in [3.8, 4) is 11.1 Å². The standard InChI is InChI=1S/C21H14N2O.Y/c1-23-17-10-6-5-9-15(17)19-18-14(12-22-21(18)24)11-16(20(19)23)13-7-3-2-4-8-13;/h2-7,9-10H,12H2,1H3,(H,22,24);/q-2;. The summed E-state index contributed by atoms with van der Waals surface area (Å²) in [4.78, 5) is 12.4. The predicted octanol–water partition coefficient (Wildman–Crippen LogP) is 3.84. The average molecular weight is 399 g/mol. The number of fused-ring (bicyclic) bond motifs is 5. The molecule has 3 nitrogen and oxygen atoms in total. The summed E-state index contributed by atoms with van der Waals surface area (Å²) in [6.45, 7) is 0.535. The van der Waals surface area contributed by atoms with Gasteiger partial charge < -0.3 is 9.88 Å². The fourth-order valence-corrected chi connectivity index (χ4v) is 3.75. The molecule has 0 aliphatic carbocycles. The Hall–Kier alpha value is -1.97. The van der Waals surface area contributed by atoms with Gasteiger partial charge in [0.25, 0.3) is 0 Å². The van der Waals surface area contributed by atoms with Crippen LogP contribution >= 0.6 is 0 Å². The third-order valence-corrected chi connectivity index (χ3v) is 4.80. The number of carbonyl (C=O) groups excluding carboxylic acids is 1. The van der Waals surface area contributed by atoms with Crippen LogP contribution in [0.4, 0.5) is 0 Å². The molecule has 0 bridgehead atoms. The number of hydrogen-bond donors (Lipinski definition) is 1. The minimum absolute atomic E-state index is 0. The predicted molar refractivity (Wildman–Crippen MR) is 94.7 cm³/mol. The van der Waals surface area contributed by atoms with E-state index in [4.69, 9.17) is 0 Å². The van der Waals surface area contributed by atoms with E-state index in [1.165, 1.54) is 0 Å². The molecule has 119 valence electrons. The largest absolute Gasteiger partial charge is 0.392 e. The van der Waals surface area contributed by atoms with Crippen molar-refractivity contribution < 1.29 is 37.5 Å². The van der Waals surface area contributed by atoms with E-state index in [1.807, 2.05) is 43.4 Å². The summed E-state index contributed by atoms with van der Waals surface area (Å²) in [7, 11) is 2.05. The number of nitrogens with one attached hydrogen (secondary N) is 1. The van der Waals surface area contributed by atoms with Gasteiger partial charge in [-0.1, -0.05) is 29.1 Å². The van der Waals surface area contributed by atoms with Gasteiger partial charge in [0.05, 0.1) is 0 Å². The quantitative estimate of drug-likeness (QED) is 0.485. The smallest absolute Gasteiger partial charge is 0.210 e. The Bertz CT molecular complexity index is 1130. The third kappa shape index (κ3) is 2.30. The summed E-state index contributed by atoms with van der Waals surface area (Å²) in [5, 5.41) is 5.06. The van der Waals surface area contributed by atoms with Gasteiger partial charge >= 0.3 is 0 Å². The Labute approximate surface area is 170 Å². The van der Waals surface area contributed by atoms with Gasteiger partial charge in [0.1, 0.15) is 0 Å². The van der Waals surface area contributed by atoms with E-state index >= 15 is 0 Å². The van der Waals surface area contributed by atoms with Crippen LogP contribution in [0.25, 0.3) is 32.9 Å². The maximum atomic E-state index is 12.4. The third-order valence-electron chi connectivity index (χ3n) is 4.80. The number of aryl methyl sites for hydroxylation is 1. The van der Waals surface area contributed by atoms with Crippen molar-refractivity contribution in [2.75, 3.05) is 0 Å². The topological polar surface area (TPSA) is 34.0 Å². The van der Waals surface area contributed by atoms with Crippen LogP contribution in [0.15, 0.2) is 48.5 Å². The van der Waals surface area contributed by atoms with Gasteiger partial charge in [-0.2, -0.15) is 30.3 Å².